The maximum absolute atomic E-state index is 13.0. The van der Waals surface area contributed by atoms with E-state index in [9.17, 15) is 39.8 Å². The normalized spacial score (nSPS) is 10.3. The van der Waals surface area contributed by atoms with Crippen molar-refractivity contribution in [2.24, 2.45) is 0 Å². The summed E-state index contributed by atoms with van der Waals surface area (Å²) in [5.74, 6) is 1.90. The second kappa shape index (κ2) is 32.3. The number of benzene rings is 8. The van der Waals surface area contributed by atoms with Crippen LogP contribution in [0.15, 0.2) is 219 Å². The van der Waals surface area contributed by atoms with E-state index in [1.54, 1.807) is 105 Å². The molecule has 0 radical (unpaired) electrons. The molecule has 0 bridgehead atoms. The molecule has 26 nitrogen and oxygen atoms in total. The van der Waals surface area contributed by atoms with Gasteiger partial charge in [-0.2, -0.15) is 0 Å². The summed E-state index contributed by atoms with van der Waals surface area (Å²) in [6, 6.07) is 54.4. The quantitative estimate of drug-likeness (QED) is 0.0264. The number of aryl methyl sites for hydroxylation is 2. The fourth-order valence-corrected chi connectivity index (χ4v) is 9.30. The van der Waals surface area contributed by atoms with Crippen molar-refractivity contribution in [2.75, 3.05) is 48.3 Å². The number of phenolic OH excluding ortho intramolecular Hbond substituents is 1. The molecule has 0 aliphatic rings. The van der Waals surface area contributed by atoms with Crippen LogP contribution in [0.5, 0.6) is 23.0 Å². The molecule has 7 N–H and O–H groups in total. The van der Waals surface area contributed by atoms with Gasteiger partial charge in [0.1, 0.15) is 11.6 Å². The van der Waals surface area contributed by atoms with Gasteiger partial charge >= 0.3 is 17.1 Å². The van der Waals surface area contributed by atoms with Crippen LogP contribution < -0.4 is 41.2 Å². The van der Waals surface area contributed by atoms with Gasteiger partial charge in [-0.3, -0.25) is 30.3 Å². The number of hydrogen-bond acceptors (Lipinski definition) is 23. The van der Waals surface area contributed by atoms with Gasteiger partial charge in [-0.15, -0.1) is 0 Å². The molecule has 8 aromatic carbocycles. The number of ether oxygens (including phenoxy) is 3. The molecule has 0 atom stereocenters. The summed E-state index contributed by atoms with van der Waals surface area (Å²) < 4.78 is 28.1. The van der Waals surface area contributed by atoms with Gasteiger partial charge in [-0.05, 0) is 177 Å². The maximum atomic E-state index is 13.0. The summed E-state index contributed by atoms with van der Waals surface area (Å²) >= 11 is 5.86. The third-order valence-corrected chi connectivity index (χ3v) is 13.9. The summed E-state index contributed by atoms with van der Waals surface area (Å²) in [6.45, 7) is 4.13. The van der Waals surface area contributed by atoms with Gasteiger partial charge in [0.2, 0.25) is 23.8 Å². The minimum Gasteiger partial charge on any atom is -0.502 e. The zero-order chi connectivity index (χ0) is 69.0. The fourth-order valence-electron chi connectivity index (χ4n) is 9.18. The van der Waals surface area contributed by atoms with Crippen molar-refractivity contribution in [3.63, 3.8) is 0 Å². The molecular weight excluding hydrogens is 1270 g/mol. The topological polar surface area (TPSA) is 355 Å². The van der Waals surface area contributed by atoms with Crippen molar-refractivity contribution in [1.82, 2.24) is 39.9 Å². The molecule has 12 rings (SSSR count). The standard InChI is InChI=1S/C19H20N4O.C17H13ClN4O3.C17H13FN4O3.C16H12N4O3/c1-12-8-13(2)10-15(9-12)22-19-21-7-6-17(23-19)14-4-5-18(24-3)16(20)11-14;2*1-25-16-7-2-11(10-15(16)22(23)24)14-8-9-19-17(21-14)20-13-5-3-12(18)4-6-13;21-15-7-6-11(10-14(15)20(22)23)13-8-9-17-16(19-13)18-12-4-2-1-3-5-12/h4-11H,20H2,1-3H3,(H,21,22,23);2*2-10H,1H3,(H,19,20,21);1-10,21H,(H,17,18,19). The first-order valence-electron chi connectivity index (χ1n) is 28.9. The number of phenols is 1. The first-order valence-corrected chi connectivity index (χ1v) is 29.3. The predicted octanol–water partition coefficient (Wildman–Crippen LogP) is 16.0. The summed E-state index contributed by atoms with van der Waals surface area (Å²) in [6.07, 6.45) is 6.40. The number of nitrogens with zero attached hydrogens (tertiary/aromatic N) is 11. The average molecular weight is 1330 g/mol. The van der Waals surface area contributed by atoms with E-state index in [-0.39, 0.29) is 40.1 Å². The number of hydrogen-bond donors (Lipinski definition) is 6. The zero-order valence-electron chi connectivity index (χ0n) is 52.2. The monoisotopic (exact) mass is 1320 g/mol. The molecule has 0 spiro atoms. The number of rotatable bonds is 18. The number of methoxy groups -OCH3 is 3. The molecule has 0 fully saturated rings. The minimum atomic E-state index is -0.636. The number of halogens is 2. The van der Waals surface area contributed by atoms with Crippen LogP contribution in [0.4, 0.5) is 73.7 Å². The summed E-state index contributed by atoms with van der Waals surface area (Å²) in [5.41, 5.74) is 16.5. The summed E-state index contributed by atoms with van der Waals surface area (Å²) in [5, 5.41) is 55.7. The molecule has 0 aliphatic heterocycles. The molecule has 0 saturated heterocycles. The number of nitrogen functional groups attached to an aromatic ring is 1. The van der Waals surface area contributed by atoms with Crippen LogP contribution in [-0.2, 0) is 0 Å². The van der Waals surface area contributed by atoms with Crippen LogP contribution in [0.25, 0.3) is 45.0 Å². The first kappa shape index (κ1) is 68.1. The van der Waals surface area contributed by atoms with Crippen LogP contribution in [0.1, 0.15) is 11.1 Å². The van der Waals surface area contributed by atoms with Gasteiger partial charge in [0.25, 0.3) is 0 Å². The van der Waals surface area contributed by atoms with E-state index in [0.29, 0.717) is 79.7 Å². The van der Waals surface area contributed by atoms with Gasteiger partial charge in [-0.1, -0.05) is 35.9 Å². The summed E-state index contributed by atoms with van der Waals surface area (Å²) in [4.78, 5) is 65.9. The number of nitro benzene ring substituents is 3. The van der Waals surface area contributed by atoms with Crippen molar-refractivity contribution < 1.29 is 38.5 Å². The molecule has 0 saturated carbocycles. The van der Waals surface area contributed by atoms with E-state index in [4.69, 9.17) is 31.5 Å². The number of aromatic nitrogens is 8. The second-order valence-corrected chi connectivity index (χ2v) is 21.0. The van der Waals surface area contributed by atoms with E-state index in [0.717, 1.165) is 28.3 Å². The lowest BCUT2D eigenvalue weighted by molar-refractivity contribution is -0.385. The Hall–Kier alpha value is -13.3. The van der Waals surface area contributed by atoms with Crippen molar-refractivity contribution in [3.8, 4) is 68.0 Å². The van der Waals surface area contributed by atoms with E-state index >= 15 is 0 Å². The maximum Gasteiger partial charge on any atom is 0.311 e. The highest BCUT2D eigenvalue weighted by Crippen LogP contribution is 2.35. The molecule has 12 aromatic rings. The van der Waals surface area contributed by atoms with E-state index in [2.05, 4.69) is 93.2 Å². The lowest BCUT2D eigenvalue weighted by atomic mass is 10.1. The molecule has 4 heterocycles. The third-order valence-electron chi connectivity index (χ3n) is 13.7. The largest absolute Gasteiger partial charge is 0.502 e. The van der Waals surface area contributed by atoms with Crippen molar-refractivity contribution in [1.29, 1.82) is 0 Å². The zero-order valence-corrected chi connectivity index (χ0v) is 52.9. The number of nitrogens with one attached hydrogen (secondary N) is 4. The molecule has 0 aliphatic carbocycles. The van der Waals surface area contributed by atoms with Crippen LogP contribution >= 0.6 is 11.6 Å². The number of anilines is 9. The molecule has 488 valence electrons. The molecule has 28 heteroatoms. The van der Waals surface area contributed by atoms with Crippen LogP contribution in [0, 0.1) is 50.0 Å². The first-order chi connectivity index (χ1) is 46.8. The Morgan fingerprint density at radius 2 is 0.773 bits per heavy atom. The summed E-state index contributed by atoms with van der Waals surface area (Å²) in [7, 11) is 4.36. The Labute approximate surface area is 558 Å². The number of aromatic hydroxyl groups is 1. The highest BCUT2D eigenvalue weighted by Gasteiger charge is 2.20. The predicted molar refractivity (Wildman–Crippen MR) is 369 cm³/mol. The number of nitrogens with two attached hydrogens (primary N) is 1. The smallest absolute Gasteiger partial charge is 0.311 e. The molecule has 4 aromatic heterocycles. The van der Waals surface area contributed by atoms with Crippen molar-refractivity contribution in [3.05, 3.63) is 271 Å². The van der Waals surface area contributed by atoms with Crippen molar-refractivity contribution in [2.45, 2.75) is 13.8 Å². The lowest BCUT2D eigenvalue weighted by Gasteiger charge is -2.10. The fraction of sp³-hybridized carbons (Fsp3) is 0.0725. The molecule has 97 heavy (non-hydrogen) atoms. The van der Waals surface area contributed by atoms with Gasteiger partial charge in [-0.25, -0.2) is 44.3 Å². The van der Waals surface area contributed by atoms with Crippen LogP contribution in [-0.4, -0.2) is 81.1 Å². The second-order valence-electron chi connectivity index (χ2n) is 20.5. The lowest BCUT2D eigenvalue weighted by Crippen LogP contribution is -1.99. The van der Waals surface area contributed by atoms with E-state index in [1.165, 1.54) is 74.0 Å². The van der Waals surface area contributed by atoms with E-state index < -0.39 is 14.8 Å². The van der Waals surface area contributed by atoms with Gasteiger partial charge in [0.05, 0.1) is 64.6 Å². The Morgan fingerprint density at radius 1 is 0.423 bits per heavy atom. The minimum absolute atomic E-state index is 0.120. The van der Waals surface area contributed by atoms with Gasteiger partial charge < -0.3 is 46.3 Å². The van der Waals surface area contributed by atoms with Gasteiger partial charge in [0.15, 0.2) is 17.2 Å². The average Bonchev–Trinajstić information content (AvgIpc) is 0.884. The van der Waals surface area contributed by atoms with Crippen molar-refractivity contribution >= 4 is 80.9 Å². The number of nitro groups is 3. The Bertz CT molecular complexity index is 4590. The highest BCUT2D eigenvalue weighted by molar-refractivity contribution is 6.30. The molecular formula is C69H58ClFN16O10. The highest BCUT2D eigenvalue weighted by atomic mass is 35.5. The van der Waals surface area contributed by atoms with E-state index in [1.807, 2.05) is 54.6 Å². The SMILES string of the molecule is COc1ccc(-c2ccnc(Nc3cc(C)cc(C)c3)n2)cc1N.COc1ccc(-c2ccnc(Nc3ccc(Cl)cc3)n2)cc1[N+](=O)[O-].COc1ccc(-c2ccnc(Nc3ccc(F)cc3)n2)cc1[N+](=O)[O-].O=[N+]([O-])c1cc(-c2ccnc(Nc3ccccc3)n2)ccc1O. The Morgan fingerprint density at radius 3 is 1.16 bits per heavy atom. The van der Waals surface area contributed by atoms with Crippen LogP contribution in [0.2, 0.25) is 5.02 Å². The van der Waals surface area contributed by atoms with Crippen LogP contribution in [0.3, 0.4) is 0 Å². The third kappa shape index (κ3) is 18.9. The Balaban J connectivity index is 0.000000152. The number of para-hydroxylation sites is 1. The Kier molecular flexibility index (Phi) is 22.7. The molecule has 0 unspecified atom stereocenters. The van der Waals surface area contributed by atoms with Gasteiger partial charge in [0, 0.05) is 93.0 Å². The molecule has 0 amide bonds.